The van der Waals surface area contributed by atoms with Gasteiger partial charge in [0.15, 0.2) is 0 Å². The van der Waals surface area contributed by atoms with Gasteiger partial charge in [0.1, 0.15) is 17.3 Å². The minimum absolute atomic E-state index is 0.356. The van der Waals surface area contributed by atoms with Crippen LogP contribution in [0.5, 0.6) is 11.5 Å². The highest BCUT2D eigenvalue weighted by Gasteiger charge is 2.20. The number of benzene rings is 2. The highest BCUT2D eigenvalue weighted by molar-refractivity contribution is 9.10. The normalized spacial score (nSPS) is 12.0. The van der Waals surface area contributed by atoms with Crippen LogP contribution in [0.4, 0.5) is 4.39 Å². The Bertz CT molecular complexity index is 637. The van der Waals surface area contributed by atoms with Gasteiger partial charge in [0.25, 0.3) is 0 Å². The smallest absolute Gasteiger partial charge is 0.129 e. The van der Waals surface area contributed by atoms with Crippen LogP contribution in [0.15, 0.2) is 40.9 Å². The molecule has 0 spiro atoms. The quantitative estimate of drug-likeness (QED) is 0.639. The number of halogens is 2. The van der Waals surface area contributed by atoms with Crippen LogP contribution < -0.4 is 20.7 Å². The van der Waals surface area contributed by atoms with E-state index in [1.807, 2.05) is 0 Å². The third-order valence-corrected chi connectivity index (χ3v) is 3.69. The first-order valence-corrected chi connectivity index (χ1v) is 7.03. The number of nitrogens with one attached hydrogen (secondary N) is 1. The van der Waals surface area contributed by atoms with Crippen LogP contribution in [0.25, 0.3) is 0 Å². The minimum Gasteiger partial charge on any atom is -0.497 e. The van der Waals surface area contributed by atoms with Crippen molar-refractivity contribution in [3.05, 3.63) is 57.8 Å². The van der Waals surface area contributed by atoms with Crippen LogP contribution in [0.1, 0.15) is 17.2 Å². The van der Waals surface area contributed by atoms with Crippen LogP contribution in [-0.4, -0.2) is 14.2 Å². The Hall–Kier alpha value is -1.63. The van der Waals surface area contributed by atoms with Gasteiger partial charge in [-0.25, -0.2) is 9.82 Å². The first kappa shape index (κ1) is 15.8. The lowest BCUT2D eigenvalue weighted by molar-refractivity contribution is 0.387. The molecule has 0 aliphatic carbocycles. The van der Waals surface area contributed by atoms with E-state index in [9.17, 15) is 4.39 Å². The first-order valence-electron chi connectivity index (χ1n) is 6.23. The zero-order chi connectivity index (χ0) is 15.4. The second-order valence-corrected chi connectivity index (χ2v) is 5.29. The molecule has 0 aliphatic rings. The molecule has 0 amide bonds. The van der Waals surface area contributed by atoms with Gasteiger partial charge in [0, 0.05) is 21.7 Å². The van der Waals surface area contributed by atoms with E-state index in [0.29, 0.717) is 21.5 Å². The van der Waals surface area contributed by atoms with Crippen LogP contribution in [0, 0.1) is 5.82 Å². The molecular formula is C15H16BrFN2O2. The lowest BCUT2D eigenvalue weighted by Gasteiger charge is -2.20. The van der Waals surface area contributed by atoms with E-state index in [2.05, 4.69) is 21.4 Å². The van der Waals surface area contributed by atoms with Gasteiger partial charge >= 0.3 is 0 Å². The molecule has 6 heteroatoms. The Labute approximate surface area is 131 Å². The summed E-state index contributed by atoms with van der Waals surface area (Å²) in [6, 6.07) is 9.61. The van der Waals surface area contributed by atoms with Crippen LogP contribution in [0.3, 0.4) is 0 Å². The van der Waals surface area contributed by atoms with Crippen molar-refractivity contribution in [2.24, 2.45) is 5.84 Å². The molecule has 2 aromatic carbocycles. The van der Waals surface area contributed by atoms with Crippen molar-refractivity contribution < 1.29 is 13.9 Å². The molecule has 0 aliphatic heterocycles. The third kappa shape index (κ3) is 3.34. The van der Waals surface area contributed by atoms with Crippen molar-refractivity contribution in [1.29, 1.82) is 0 Å². The second kappa shape index (κ2) is 6.89. The van der Waals surface area contributed by atoms with E-state index < -0.39 is 6.04 Å². The predicted octanol–water partition coefficient (Wildman–Crippen LogP) is 3.16. The number of hydrogen-bond donors (Lipinski definition) is 2. The van der Waals surface area contributed by atoms with Crippen molar-refractivity contribution in [3.63, 3.8) is 0 Å². The van der Waals surface area contributed by atoms with Crippen LogP contribution in [-0.2, 0) is 0 Å². The Morgan fingerprint density at radius 2 is 1.81 bits per heavy atom. The van der Waals surface area contributed by atoms with Gasteiger partial charge in [0.2, 0.25) is 0 Å². The molecule has 0 saturated heterocycles. The summed E-state index contributed by atoms with van der Waals surface area (Å²) in [7, 11) is 3.12. The molecule has 4 nitrogen and oxygen atoms in total. The molecule has 1 atom stereocenters. The van der Waals surface area contributed by atoms with Crippen molar-refractivity contribution in [2.45, 2.75) is 6.04 Å². The van der Waals surface area contributed by atoms with Gasteiger partial charge in [-0.15, -0.1) is 0 Å². The molecule has 2 rings (SSSR count). The van der Waals surface area contributed by atoms with Gasteiger partial charge in [-0.1, -0.05) is 22.0 Å². The molecule has 0 saturated carbocycles. The Balaban J connectivity index is 2.50. The van der Waals surface area contributed by atoms with E-state index in [1.165, 1.54) is 6.07 Å². The topological polar surface area (TPSA) is 56.5 Å². The van der Waals surface area contributed by atoms with Crippen LogP contribution in [0.2, 0.25) is 0 Å². The van der Waals surface area contributed by atoms with E-state index >= 15 is 0 Å². The maximum atomic E-state index is 14.2. The third-order valence-electron chi connectivity index (χ3n) is 3.19. The van der Waals surface area contributed by atoms with Gasteiger partial charge < -0.3 is 9.47 Å². The van der Waals surface area contributed by atoms with Gasteiger partial charge in [-0.3, -0.25) is 5.84 Å². The standard InChI is InChI=1S/C15H16BrFN2O2/c1-20-10-4-6-12(14(8-10)21-2)15(19-18)11-5-3-9(16)7-13(11)17/h3-8,15,19H,18H2,1-2H3. The van der Waals surface area contributed by atoms with Gasteiger partial charge in [0.05, 0.1) is 20.3 Å². The minimum atomic E-state index is -0.529. The summed E-state index contributed by atoms with van der Waals surface area (Å²) in [5.41, 5.74) is 3.79. The summed E-state index contributed by atoms with van der Waals surface area (Å²) >= 11 is 3.24. The molecule has 21 heavy (non-hydrogen) atoms. The van der Waals surface area contributed by atoms with Crippen LogP contribution >= 0.6 is 15.9 Å². The lowest BCUT2D eigenvalue weighted by atomic mass is 9.97. The molecule has 0 fully saturated rings. The summed E-state index contributed by atoms with van der Waals surface area (Å²) in [6.45, 7) is 0. The lowest BCUT2D eigenvalue weighted by Crippen LogP contribution is -2.29. The number of hydrazine groups is 1. The maximum Gasteiger partial charge on any atom is 0.129 e. The summed E-state index contributed by atoms with van der Waals surface area (Å²) in [4.78, 5) is 0. The maximum absolute atomic E-state index is 14.2. The number of rotatable bonds is 5. The average molecular weight is 355 g/mol. The molecule has 2 aromatic rings. The summed E-state index contributed by atoms with van der Waals surface area (Å²) in [5.74, 6) is 6.49. The van der Waals surface area contributed by atoms with E-state index in [4.69, 9.17) is 15.3 Å². The van der Waals surface area contributed by atoms with Crippen molar-refractivity contribution >= 4 is 15.9 Å². The number of methoxy groups -OCH3 is 2. The fourth-order valence-electron chi connectivity index (χ4n) is 2.14. The fraction of sp³-hybridized carbons (Fsp3) is 0.200. The average Bonchev–Trinajstić information content (AvgIpc) is 2.50. The summed E-state index contributed by atoms with van der Waals surface area (Å²) < 4.78 is 25.3. The number of nitrogens with two attached hydrogens (primary N) is 1. The highest BCUT2D eigenvalue weighted by Crippen LogP contribution is 2.34. The van der Waals surface area contributed by atoms with E-state index in [1.54, 1.807) is 44.6 Å². The predicted molar refractivity (Wildman–Crippen MR) is 82.8 cm³/mol. The molecule has 0 bridgehead atoms. The fourth-order valence-corrected chi connectivity index (χ4v) is 2.47. The number of hydrogen-bond acceptors (Lipinski definition) is 4. The molecule has 0 radical (unpaired) electrons. The highest BCUT2D eigenvalue weighted by atomic mass is 79.9. The summed E-state index contributed by atoms with van der Waals surface area (Å²) in [6.07, 6.45) is 0. The Kier molecular flexibility index (Phi) is 5.17. The Morgan fingerprint density at radius 3 is 2.38 bits per heavy atom. The zero-order valence-corrected chi connectivity index (χ0v) is 13.3. The molecule has 0 heterocycles. The summed E-state index contributed by atoms with van der Waals surface area (Å²) in [5, 5.41) is 0. The molecule has 1 unspecified atom stereocenters. The van der Waals surface area contributed by atoms with E-state index in [0.717, 1.165) is 5.56 Å². The zero-order valence-electron chi connectivity index (χ0n) is 11.7. The molecule has 0 aromatic heterocycles. The number of ether oxygens (including phenoxy) is 2. The molecule has 112 valence electrons. The van der Waals surface area contributed by atoms with Crippen molar-refractivity contribution in [2.75, 3.05) is 14.2 Å². The molecule has 3 N–H and O–H groups in total. The monoisotopic (exact) mass is 354 g/mol. The second-order valence-electron chi connectivity index (χ2n) is 4.37. The SMILES string of the molecule is COc1ccc(C(NN)c2ccc(Br)cc2F)c(OC)c1. The van der Waals surface area contributed by atoms with E-state index in [-0.39, 0.29) is 5.82 Å². The van der Waals surface area contributed by atoms with Gasteiger partial charge in [-0.2, -0.15) is 0 Å². The molecular weight excluding hydrogens is 339 g/mol. The van der Waals surface area contributed by atoms with Crippen molar-refractivity contribution in [1.82, 2.24) is 5.43 Å². The first-order chi connectivity index (χ1) is 10.1. The Morgan fingerprint density at radius 1 is 1.10 bits per heavy atom. The van der Waals surface area contributed by atoms with Gasteiger partial charge in [-0.05, 0) is 24.3 Å². The largest absolute Gasteiger partial charge is 0.497 e. The van der Waals surface area contributed by atoms with Crippen molar-refractivity contribution in [3.8, 4) is 11.5 Å².